The first-order valence-electron chi connectivity index (χ1n) is 38.3. The fourth-order valence-electron chi connectivity index (χ4n) is 10.8. The van der Waals surface area contributed by atoms with Gasteiger partial charge in [-0.05, 0) is 122 Å². The quantitative estimate of drug-likeness (QED) is 0.0212. The molecule has 0 heterocycles. The first kappa shape index (κ1) is 88.4. The normalized spacial score (nSPS) is 14.1. The van der Waals surface area contributed by atoms with Crippen molar-refractivity contribution in [2.45, 2.75) is 348 Å². The number of amides is 1. The standard InChI is InChI=1S/C82H145N2O7P/c1-7-10-13-16-19-22-25-28-30-32-34-36-38-40-42-44-46-48-50-52-54-56-59-62-65-68-71-74-81(85)83-79(78-90-92(87,88)89-77-76-84(4,5)6)80(73-70-67-64-61-58-27-24-21-18-15-12-9-3)91-82(86)75-72-69-66-63-60-57-55-53-51-49-47-45-43-41-39-37-35-33-31-29-26-23-20-17-14-11-8-2/h10,13,19-20,22-23,28-31,34-37,40,42,46,48,70,73,79-80H,7-9,11-12,14-18,21,24-27,32-33,38-39,41,43-45,47,49-69,71-72,74-78H2,1-6H3,(H-,83,85,87,88)/b13-10-,22-19-,23-20-,30-28-,31-29-,36-34-,37-35-,42-40-,48-46-,73-70+. The third-order valence-electron chi connectivity index (χ3n) is 16.6. The Bertz CT molecular complexity index is 1990. The summed E-state index contributed by atoms with van der Waals surface area (Å²) in [4.78, 5) is 40.3. The number of hydrogen-bond donors (Lipinski definition) is 1. The van der Waals surface area contributed by atoms with Crippen molar-refractivity contribution in [2.24, 2.45) is 0 Å². The largest absolute Gasteiger partial charge is 0.756 e. The van der Waals surface area contributed by atoms with Gasteiger partial charge in [-0.3, -0.25) is 14.2 Å². The summed E-state index contributed by atoms with van der Waals surface area (Å²) in [6.07, 6.45) is 99.0. The molecule has 0 aromatic carbocycles. The van der Waals surface area contributed by atoms with Crippen molar-refractivity contribution >= 4 is 19.7 Å². The number of carbonyl (C=O) groups excluding carboxylic acids is 2. The van der Waals surface area contributed by atoms with Crippen LogP contribution in [0, 0.1) is 0 Å². The number of carbonyl (C=O) groups is 2. The van der Waals surface area contributed by atoms with Crippen LogP contribution in [0.1, 0.15) is 335 Å². The van der Waals surface area contributed by atoms with E-state index in [4.69, 9.17) is 13.8 Å². The average molecular weight is 1300 g/mol. The van der Waals surface area contributed by atoms with Crippen LogP contribution in [-0.4, -0.2) is 69.4 Å². The van der Waals surface area contributed by atoms with E-state index in [1.807, 2.05) is 33.3 Å². The van der Waals surface area contributed by atoms with Gasteiger partial charge in [-0.2, -0.15) is 0 Å². The Kier molecular flexibility index (Phi) is 67.5. The Hall–Kier alpha value is -3.59. The molecule has 0 spiro atoms. The van der Waals surface area contributed by atoms with Crippen LogP contribution in [-0.2, 0) is 27.9 Å². The van der Waals surface area contributed by atoms with Gasteiger partial charge >= 0.3 is 5.97 Å². The van der Waals surface area contributed by atoms with Crippen LogP contribution in [0.4, 0.5) is 0 Å². The first-order valence-corrected chi connectivity index (χ1v) is 39.8. The molecule has 3 unspecified atom stereocenters. The van der Waals surface area contributed by atoms with Crippen molar-refractivity contribution in [2.75, 3.05) is 40.9 Å². The SMILES string of the molecule is CC/C=C\C/C=C\C/C=C\C/C=C\C/C=C\C/C=C\CCCCCCCCCCC(=O)NC(COP(=O)([O-])OCC[N+](C)(C)C)C(/C=C/CCCCCCCCCCCC)OC(=O)CCCCCCCCCCCCCCCC/C=C\C/C=C\C/C=C\CCCCC. The number of allylic oxidation sites excluding steroid dienone is 19. The number of nitrogens with one attached hydrogen (secondary N) is 1. The molecule has 530 valence electrons. The van der Waals surface area contributed by atoms with Crippen LogP contribution >= 0.6 is 7.82 Å². The lowest BCUT2D eigenvalue weighted by Crippen LogP contribution is -2.47. The highest BCUT2D eigenvalue weighted by Gasteiger charge is 2.27. The van der Waals surface area contributed by atoms with Gasteiger partial charge in [0.15, 0.2) is 0 Å². The summed E-state index contributed by atoms with van der Waals surface area (Å²) in [7, 11) is 1.17. The molecule has 0 saturated carbocycles. The van der Waals surface area contributed by atoms with Gasteiger partial charge in [0.25, 0.3) is 7.82 Å². The zero-order chi connectivity index (χ0) is 67.0. The van der Waals surface area contributed by atoms with Crippen molar-refractivity contribution in [1.29, 1.82) is 0 Å². The predicted molar refractivity (Wildman–Crippen MR) is 399 cm³/mol. The highest BCUT2D eigenvalue weighted by atomic mass is 31.2. The number of quaternary nitrogens is 1. The van der Waals surface area contributed by atoms with E-state index in [9.17, 15) is 19.0 Å². The summed E-state index contributed by atoms with van der Waals surface area (Å²) in [6.45, 7) is 6.72. The molecule has 0 aromatic heterocycles. The van der Waals surface area contributed by atoms with Crippen LogP contribution in [0.3, 0.4) is 0 Å². The minimum atomic E-state index is -4.72. The number of phosphoric ester groups is 1. The molecule has 0 aromatic rings. The Labute approximate surface area is 569 Å². The number of phosphoric acid groups is 1. The number of nitrogens with zero attached hydrogens (tertiary/aromatic N) is 1. The number of hydrogen-bond acceptors (Lipinski definition) is 7. The van der Waals surface area contributed by atoms with E-state index in [0.29, 0.717) is 17.4 Å². The van der Waals surface area contributed by atoms with Gasteiger partial charge in [0.2, 0.25) is 5.91 Å². The summed E-state index contributed by atoms with van der Waals surface area (Å²) in [5.41, 5.74) is 0. The summed E-state index contributed by atoms with van der Waals surface area (Å²) in [5.74, 6) is -0.548. The average Bonchev–Trinajstić information content (AvgIpc) is 3.69. The third-order valence-corrected chi connectivity index (χ3v) is 17.6. The number of ether oxygens (including phenoxy) is 1. The first-order chi connectivity index (χ1) is 44.9. The van der Waals surface area contributed by atoms with E-state index in [1.54, 1.807) is 0 Å². The van der Waals surface area contributed by atoms with Gasteiger partial charge in [0.05, 0.1) is 33.8 Å². The molecular formula is C82H145N2O7P. The molecule has 0 aliphatic heterocycles. The Morgan fingerprint density at radius 2 is 0.696 bits per heavy atom. The Morgan fingerprint density at radius 1 is 0.391 bits per heavy atom. The predicted octanol–water partition coefficient (Wildman–Crippen LogP) is 24.3. The van der Waals surface area contributed by atoms with Crippen LogP contribution in [0.2, 0.25) is 0 Å². The molecule has 0 saturated heterocycles. The molecule has 0 bridgehead atoms. The van der Waals surface area contributed by atoms with E-state index in [1.165, 1.54) is 180 Å². The molecule has 92 heavy (non-hydrogen) atoms. The molecular weight excluding hydrogens is 1160 g/mol. The molecule has 0 fully saturated rings. The van der Waals surface area contributed by atoms with Crippen molar-refractivity contribution in [3.8, 4) is 0 Å². The fourth-order valence-corrected chi connectivity index (χ4v) is 11.5. The zero-order valence-electron chi connectivity index (χ0n) is 60.7. The van der Waals surface area contributed by atoms with Gasteiger partial charge in [-0.25, -0.2) is 0 Å². The minimum absolute atomic E-state index is 0.0289. The number of unbranched alkanes of at least 4 members (excludes halogenated alkanes) is 35. The molecule has 1 N–H and O–H groups in total. The van der Waals surface area contributed by atoms with Gasteiger partial charge in [0.1, 0.15) is 19.3 Å². The monoisotopic (exact) mass is 1300 g/mol. The number of esters is 1. The van der Waals surface area contributed by atoms with Crippen LogP contribution < -0.4 is 10.2 Å². The highest BCUT2D eigenvalue weighted by molar-refractivity contribution is 7.45. The molecule has 3 atom stereocenters. The summed E-state index contributed by atoms with van der Waals surface area (Å²) in [6, 6.07) is -0.902. The van der Waals surface area contributed by atoms with E-state index >= 15 is 0 Å². The minimum Gasteiger partial charge on any atom is -0.756 e. The molecule has 1 amide bonds. The fraction of sp³-hybridized carbons (Fsp3) is 0.732. The van der Waals surface area contributed by atoms with Gasteiger partial charge < -0.3 is 28.5 Å². The van der Waals surface area contributed by atoms with Crippen LogP contribution in [0.5, 0.6) is 0 Å². The molecule has 0 radical (unpaired) electrons. The van der Waals surface area contributed by atoms with E-state index in [0.717, 1.165) is 122 Å². The second-order valence-electron chi connectivity index (χ2n) is 26.8. The molecule has 0 aliphatic rings. The maximum Gasteiger partial charge on any atom is 0.306 e. The second kappa shape index (κ2) is 70.2. The Morgan fingerprint density at radius 3 is 1.07 bits per heavy atom. The van der Waals surface area contributed by atoms with Crippen molar-refractivity contribution in [3.63, 3.8) is 0 Å². The van der Waals surface area contributed by atoms with Crippen molar-refractivity contribution in [1.82, 2.24) is 5.32 Å². The lowest BCUT2D eigenvalue weighted by Gasteiger charge is -2.30. The van der Waals surface area contributed by atoms with Gasteiger partial charge in [-0.15, -0.1) is 0 Å². The zero-order valence-corrected chi connectivity index (χ0v) is 61.6. The number of rotatable bonds is 69. The van der Waals surface area contributed by atoms with Gasteiger partial charge in [-0.1, -0.05) is 322 Å². The maximum absolute atomic E-state index is 13.6. The van der Waals surface area contributed by atoms with Crippen LogP contribution in [0.25, 0.3) is 0 Å². The summed E-state index contributed by atoms with van der Waals surface area (Å²) >= 11 is 0. The second-order valence-corrected chi connectivity index (χ2v) is 28.2. The topological polar surface area (TPSA) is 114 Å². The van der Waals surface area contributed by atoms with Crippen molar-refractivity contribution < 1.29 is 37.3 Å². The summed E-state index contributed by atoms with van der Waals surface area (Å²) < 4.78 is 30.5. The molecule has 9 nitrogen and oxygen atoms in total. The lowest BCUT2D eigenvalue weighted by atomic mass is 10.0. The smallest absolute Gasteiger partial charge is 0.306 e. The van der Waals surface area contributed by atoms with E-state index < -0.39 is 26.6 Å². The molecule has 10 heteroatoms. The lowest BCUT2D eigenvalue weighted by molar-refractivity contribution is -0.870. The van der Waals surface area contributed by atoms with Gasteiger partial charge in [0, 0.05) is 12.8 Å². The van der Waals surface area contributed by atoms with Crippen LogP contribution in [0.15, 0.2) is 122 Å². The molecule has 0 aliphatic carbocycles. The van der Waals surface area contributed by atoms with E-state index in [2.05, 4.69) is 135 Å². The molecule has 0 rings (SSSR count). The highest BCUT2D eigenvalue weighted by Crippen LogP contribution is 2.38. The third kappa shape index (κ3) is 70.7. The van der Waals surface area contributed by atoms with Crippen molar-refractivity contribution in [3.05, 3.63) is 122 Å². The van der Waals surface area contributed by atoms with E-state index in [-0.39, 0.29) is 24.9 Å². The maximum atomic E-state index is 13.6. The number of likely N-dealkylation sites (N-methyl/N-ethyl adjacent to an activating group) is 1. The Balaban J connectivity index is 5.00. The summed E-state index contributed by atoms with van der Waals surface area (Å²) in [5, 5.41) is 3.04.